The molecule has 0 atom stereocenters. The molecule has 0 unspecified atom stereocenters. The molecule has 0 radical (unpaired) electrons. The van der Waals surface area contributed by atoms with E-state index in [1.165, 1.54) is 0 Å². The van der Waals surface area contributed by atoms with Crippen LogP contribution >= 0.6 is 11.3 Å². The van der Waals surface area contributed by atoms with E-state index in [4.69, 9.17) is 5.11 Å². The van der Waals surface area contributed by atoms with E-state index in [0.717, 1.165) is 16.1 Å². The number of rotatable bonds is 4. The van der Waals surface area contributed by atoms with Crippen molar-refractivity contribution < 1.29 is 9.90 Å². The van der Waals surface area contributed by atoms with Gasteiger partial charge in [-0.1, -0.05) is 18.2 Å². The Balaban J connectivity index is 1.98. The summed E-state index contributed by atoms with van der Waals surface area (Å²) < 4.78 is 0. The quantitative estimate of drug-likeness (QED) is 0.871. The van der Waals surface area contributed by atoms with E-state index >= 15 is 0 Å². The number of hydrogen-bond acceptors (Lipinski definition) is 3. The van der Waals surface area contributed by atoms with E-state index in [1.807, 2.05) is 35.7 Å². The van der Waals surface area contributed by atoms with Gasteiger partial charge in [-0.25, -0.2) is 0 Å². The summed E-state index contributed by atoms with van der Waals surface area (Å²) in [5.41, 5.74) is 1.51. The molecule has 0 saturated heterocycles. The molecule has 2 aromatic rings. The maximum absolute atomic E-state index is 11.7. The third-order valence-corrected chi connectivity index (χ3v) is 3.18. The Kier molecular flexibility index (Phi) is 3.90. The monoisotopic (exact) mass is 247 g/mol. The molecule has 0 aliphatic rings. The Morgan fingerprint density at radius 1 is 1.29 bits per heavy atom. The minimum atomic E-state index is -0.0393. The van der Waals surface area contributed by atoms with Crippen LogP contribution in [0.15, 0.2) is 41.8 Å². The van der Waals surface area contributed by atoms with Crippen molar-refractivity contribution in [3.8, 4) is 0 Å². The van der Waals surface area contributed by atoms with E-state index in [9.17, 15) is 4.79 Å². The highest BCUT2D eigenvalue weighted by Gasteiger charge is 2.04. The van der Waals surface area contributed by atoms with Gasteiger partial charge in [-0.3, -0.25) is 4.79 Å². The van der Waals surface area contributed by atoms with Crippen molar-refractivity contribution in [1.82, 2.24) is 0 Å². The minimum Gasteiger partial charge on any atom is -0.392 e. The van der Waals surface area contributed by atoms with E-state index in [1.54, 1.807) is 17.4 Å². The average molecular weight is 247 g/mol. The number of aliphatic hydroxyl groups is 1. The molecule has 1 amide bonds. The first-order valence-electron chi connectivity index (χ1n) is 5.30. The Morgan fingerprint density at radius 3 is 2.88 bits per heavy atom. The maximum atomic E-state index is 11.7. The van der Waals surface area contributed by atoms with Gasteiger partial charge >= 0.3 is 0 Å². The molecule has 0 aliphatic heterocycles. The second-order valence-corrected chi connectivity index (χ2v) is 4.70. The highest BCUT2D eigenvalue weighted by atomic mass is 32.1. The van der Waals surface area contributed by atoms with Gasteiger partial charge in [0.25, 0.3) is 0 Å². The fourth-order valence-electron chi connectivity index (χ4n) is 1.52. The predicted octanol–water partition coefficient (Wildman–Crippen LogP) is 2.42. The minimum absolute atomic E-state index is 0.0192. The summed E-state index contributed by atoms with van der Waals surface area (Å²) in [5.74, 6) is -0.0393. The third-order valence-electron chi connectivity index (χ3n) is 2.31. The predicted molar refractivity (Wildman–Crippen MR) is 69.0 cm³/mol. The van der Waals surface area contributed by atoms with Crippen molar-refractivity contribution in [3.63, 3.8) is 0 Å². The van der Waals surface area contributed by atoms with Gasteiger partial charge in [0.1, 0.15) is 0 Å². The number of anilines is 1. The lowest BCUT2D eigenvalue weighted by molar-refractivity contribution is -0.115. The lowest BCUT2D eigenvalue weighted by Gasteiger charge is -2.05. The number of thiophene rings is 1. The first-order valence-corrected chi connectivity index (χ1v) is 6.18. The smallest absolute Gasteiger partial charge is 0.229 e. The van der Waals surface area contributed by atoms with Crippen molar-refractivity contribution in [1.29, 1.82) is 0 Å². The Morgan fingerprint density at radius 2 is 2.18 bits per heavy atom. The fourth-order valence-corrected chi connectivity index (χ4v) is 2.23. The molecule has 0 spiro atoms. The molecule has 0 saturated carbocycles. The summed E-state index contributed by atoms with van der Waals surface area (Å²) in [6, 6.07) is 11.1. The van der Waals surface area contributed by atoms with Crippen LogP contribution in [0.5, 0.6) is 0 Å². The van der Waals surface area contributed by atoms with Gasteiger partial charge in [0.05, 0.1) is 13.0 Å². The van der Waals surface area contributed by atoms with Crippen molar-refractivity contribution in [2.45, 2.75) is 13.0 Å². The van der Waals surface area contributed by atoms with Crippen molar-refractivity contribution >= 4 is 22.9 Å². The van der Waals surface area contributed by atoms with Crippen LogP contribution in [0.4, 0.5) is 5.69 Å². The molecule has 4 heteroatoms. The van der Waals surface area contributed by atoms with Crippen LogP contribution in [0.25, 0.3) is 0 Å². The standard InChI is InChI=1S/C13H13NO2S/c15-9-10-3-1-4-11(7-10)14-13(16)8-12-5-2-6-17-12/h1-7,15H,8-9H2,(H,14,16). The molecule has 88 valence electrons. The van der Waals surface area contributed by atoms with Crippen LogP contribution in [-0.2, 0) is 17.8 Å². The Hall–Kier alpha value is -1.65. The number of amides is 1. The van der Waals surface area contributed by atoms with Crippen molar-refractivity contribution in [3.05, 3.63) is 52.2 Å². The number of aliphatic hydroxyl groups excluding tert-OH is 1. The van der Waals surface area contributed by atoms with Crippen LogP contribution in [0.2, 0.25) is 0 Å². The molecule has 1 aromatic heterocycles. The summed E-state index contributed by atoms with van der Waals surface area (Å²) in [5, 5.41) is 13.8. The van der Waals surface area contributed by atoms with E-state index in [2.05, 4.69) is 5.32 Å². The summed E-state index contributed by atoms with van der Waals surface area (Å²) >= 11 is 1.57. The zero-order valence-electron chi connectivity index (χ0n) is 9.22. The lowest BCUT2D eigenvalue weighted by atomic mass is 10.2. The molecule has 0 bridgehead atoms. The van der Waals surface area contributed by atoms with Gasteiger partial charge in [-0.15, -0.1) is 11.3 Å². The fraction of sp³-hybridized carbons (Fsp3) is 0.154. The van der Waals surface area contributed by atoms with Crippen LogP contribution in [-0.4, -0.2) is 11.0 Å². The van der Waals surface area contributed by atoms with Gasteiger partial charge in [0.15, 0.2) is 0 Å². The van der Waals surface area contributed by atoms with E-state index in [-0.39, 0.29) is 12.5 Å². The summed E-state index contributed by atoms with van der Waals surface area (Å²) in [6.45, 7) is -0.0192. The number of benzene rings is 1. The molecule has 1 heterocycles. The highest BCUT2D eigenvalue weighted by Crippen LogP contribution is 2.13. The van der Waals surface area contributed by atoms with Gasteiger partial charge in [0.2, 0.25) is 5.91 Å². The molecule has 17 heavy (non-hydrogen) atoms. The largest absolute Gasteiger partial charge is 0.392 e. The molecule has 3 nitrogen and oxygen atoms in total. The highest BCUT2D eigenvalue weighted by molar-refractivity contribution is 7.10. The number of carbonyl (C=O) groups is 1. The van der Waals surface area contributed by atoms with Crippen LogP contribution in [0.1, 0.15) is 10.4 Å². The topological polar surface area (TPSA) is 49.3 Å². The zero-order valence-corrected chi connectivity index (χ0v) is 10.0. The Labute approximate surface area is 104 Å². The molecule has 0 aliphatic carbocycles. The Bertz CT molecular complexity index is 494. The summed E-state index contributed by atoms with van der Waals surface area (Å²) in [4.78, 5) is 12.8. The number of nitrogens with one attached hydrogen (secondary N) is 1. The van der Waals surface area contributed by atoms with Crippen LogP contribution < -0.4 is 5.32 Å². The average Bonchev–Trinajstić information content (AvgIpc) is 2.82. The van der Waals surface area contributed by atoms with E-state index in [0.29, 0.717) is 6.42 Å². The number of carbonyl (C=O) groups excluding carboxylic acids is 1. The van der Waals surface area contributed by atoms with Gasteiger partial charge in [-0.05, 0) is 29.1 Å². The molecular weight excluding hydrogens is 234 g/mol. The second kappa shape index (κ2) is 5.61. The third kappa shape index (κ3) is 3.41. The molecule has 2 rings (SSSR count). The van der Waals surface area contributed by atoms with Gasteiger partial charge in [-0.2, -0.15) is 0 Å². The molecule has 0 fully saturated rings. The maximum Gasteiger partial charge on any atom is 0.229 e. The van der Waals surface area contributed by atoms with Crippen LogP contribution in [0.3, 0.4) is 0 Å². The molecular formula is C13H13NO2S. The van der Waals surface area contributed by atoms with Gasteiger partial charge in [0, 0.05) is 10.6 Å². The van der Waals surface area contributed by atoms with Crippen LogP contribution in [0, 0.1) is 0 Å². The molecule has 2 N–H and O–H groups in total. The van der Waals surface area contributed by atoms with Gasteiger partial charge < -0.3 is 10.4 Å². The zero-order chi connectivity index (χ0) is 12.1. The first kappa shape index (κ1) is 11.8. The normalized spacial score (nSPS) is 10.2. The van der Waals surface area contributed by atoms with Crippen molar-refractivity contribution in [2.24, 2.45) is 0 Å². The second-order valence-electron chi connectivity index (χ2n) is 3.66. The SMILES string of the molecule is O=C(Cc1cccs1)Nc1cccc(CO)c1. The van der Waals surface area contributed by atoms with Crippen molar-refractivity contribution in [2.75, 3.05) is 5.32 Å². The molecule has 1 aromatic carbocycles. The summed E-state index contributed by atoms with van der Waals surface area (Å²) in [7, 11) is 0. The first-order chi connectivity index (χ1) is 8.28. The number of hydrogen-bond donors (Lipinski definition) is 2. The van der Waals surface area contributed by atoms with E-state index < -0.39 is 0 Å². The summed E-state index contributed by atoms with van der Waals surface area (Å²) in [6.07, 6.45) is 0.390. The lowest BCUT2D eigenvalue weighted by Crippen LogP contribution is -2.13.